The van der Waals surface area contributed by atoms with Crippen LogP contribution in [0, 0.1) is 5.92 Å². The van der Waals surface area contributed by atoms with Gasteiger partial charge in [-0.3, -0.25) is 0 Å². The van der Waals surface area contributed by atoms with Crippen LogP contribution in [0.5, 0.6) is 0 Å². The third kappa shape index (κ3) is 3.18. The summed E-state index contributed by atoms with van der Waals surface area (Å²) in [5.41, 5.74) is 5.36. The molecule has 0 aromatic carbocycles. The van der Waals surface area contributed by atoms with Gasteiger partial charge in [0.1, 0.15) is 0 Å². The molecule has 0 amide bonds. The molecular weight excluding hydrogens is 124 g/mol. The Morgan fingerprint density at radius 1 is 1.60 bits per heavy atom. The van der Waals surface area contributed by atoms with Crippen LogP contribution >= 0.6 is 0 Å². The Morgan fingerprint density at radius 2 is 2.30 bits per heavy atom. The van der Waals surface area contributed by atoms with E-state index in [-0.39, 0.29) is 0 Å². The Morgan fingerprint density at radius 3 is 2.80 bits per heavy atom. The van der Waals surface area contributed by atoms with Crippen LogP contribution in [-0.2, 0) is 0 Å². The fourth-order valence-electron chi connectivity index (χ4n) is 1.27. The van der Waals surface area contributed by atoms with Crippen LogP contribution < -0.4 is 11.1 Å². The van der Waals surface area contributed by atoms with Gasteiger partial charge in [0.05, 0.1) is 0 Å². The normalized spacial score (nSPS) is 21.0. The molecule has 1 atom stereocenters. The highest BCUT2D eigenvalue weighted by atomic mass is 14.9. The maximum atomic E-state index is 5.36. The zero-order chi connectivity index (χ0) is 7.40. The van der Waals surface area contributed by atoms with E-state index in [0.29, 0.717) is 6.04 Å². The fourth-order valence-corrected chi connectivity index (χ4v) is 1.27. The predicted octanol–water partition coefficient (Wildman–Crippen LogP) is 0.723. The molecule has 1 saturated carbocycles. The first-order valence-electron chi connectivity index (χ1n) is 4.26. The van der Waals surface area contributed by atoms with Crippen molar-refractivity contribution in [2.75, 3.05) is 13.1 Å². The second-order valence-corrected chi connectivity index (χ2v) is 3.32. The predicted molar refractivity (Wildman–Crippen MR) is 43.9 cm³/mol. The standard InChI is InChI=1S/C8H18N2/c1-7(10-5-4-9)6-8-2-3-8/h7-8,10H,2-6,9H2,1H3. The fraction of sp³-hybridized carbons (Fsp3) is 1.00. The molecule has 0 heterocycles. The minimum Gasteiger partial charge on any atom is -0.329 e. The summed E-state index contributed by atoms with van der Waals surface area (Å²) < 4.78 is 0. The van der Waals surface area contributed by atoms with Gasteiger partial charge in [-0.25, -0.2) is 0 Å². The number of hydrogen-bond donors (Lipinski definition) is 2. The number of rotatable bonds is 5. The van der Waals surface area contributed by atoms with Crippen molar-refractivity contribution in [3.63, 3.8) is 0 Å². The minimum absolute atomic E-state index is 0.677. The summed E-state index contributed by atoms with van der Waals surface area (Å²) in [6.45, 7) is 3.97. The lowest BCUT2D eigenvalue weighted by Gasteiger charge is -2.11. The van der Waals surface area contributed by atoms with Crippen molar-refractivity contribution in [3.8, 4) is 0 Å². The first-order valence-corrected chi connectivity index (χ1v) is 4.26. The molecule has 0 radical (unpaired) electrons. The molecule has 2 heteroatoms. The lowest BCUT2D eigenvalue weighted by molar-refractivity contribution is 0.494. The summed E-state index contributed by atoms with van der Waals surface area (Å²) in [6, 6.07) is 0.677. The van der Waals surface area contributed by atoms with Gasteiger partial charge in [-0.2, -0.15) is 0 Å². The van der Waals surface area contributed by atoms with Gasteiger partial charge in [-0.1, -0.05) is 12.8 Å². The van der Waals surface area contributed by atoms with Crippen molar-refractivity contribution in [3.05, 3.63) is 0 Å². The van der Waals surface area contributed by atoms with Crippen LogP contribution in [0.2, 0.25) is 0 Å². The molecule has 1 rings (SSSR count). The number of nitrogens with two attached hydrogens (primary N) is 1. The Bertz CT molecular complexity index is 89.3. The lowest BCUT2D eigenvalue weighted by Crippen LogP contribution is -2.31. The summed E-state index contributed by atoms with van der Waals surface area (Å²) in [6.07, 6.45) is 4.25. The van der Waals surface area contributed by atoms with Crippen LogP contribution in [0.25, 0.3) is 0 Å². The van der Waals surface area contributed by atoms with E-state index in [1.165, 1.54) is 19.3 Å². The van der Waals surface area contributed by atoms with E-state index in [1.807, 2.05) is 0 Å². The highest BCUT2D eigenvalue weighted by Crippen LogP contribution is 2.33. The van der Waals surface area contributed by atoms with E-state index in [0.717, 1.165) is 19.0 Å². The number of nitrogens with one attached hydrogen (secondary N) is 1. The van der Waals surface area contributed by atoms with E-state index < -0.39 is 0 Å². The Labute approximate surface area is 63.2 Å². The van der Waals surface area contributed by atoms with E-state index in [4.69, 9.17) is 5.73 Å². The van der Waals surface area contributed by atoms with Gasteiger partial charge in [0, 0.05) is 19.1 Å². The average Bonchev–Trinajstić information content (AvgIpc) is 2.67. The van der Waals surface area contributed by atoms with E-state index in [2.05, 4.69) is 12.2 Å². The second kappa shape index (κ2) is 3.94. The zero-order valence-electron chi connectivity index (χ0n) is 6.77. The van der Waals surface area contributed by atoms with Gasteiger partial charge in [0.2, 0.25) is 0 Å². The van der Waals surface area contributed by atoms with Gasteiger partial charge in [0.25, 0.3) is 0 Å². The third-order valence-electron chi connectivity index (χ3n) is 2.02. The van der Waals surface area contributed by atoms with Crippen molar-refractivity contribution in [2.45, 2.75) is 32.2 Å². The molecule has 1 aliphatic carbocycles. The summed E-state index contributed by atoms with van der Waals surface area (Å²) in [4.78, 5) is 0. The molecule has 0 aromatic rings. The molecule has 0 aromatic heterocycles. The number of hydrogen-bond acceptors (Lipinski definition) is 2. The van der Waals surface area contributed by atoms with Crippen molar-refractivity contribution >= 4 is 0 Å². The zero-order valence-corrected chi connectivity index (χ0v) is 6.77. The monoisotopic (exact) mass is 142 g/mol. The van der Waals surface area contributed by atoms with Gasteiger partial charge in [-0.05, 0) is 19.3 Å². The van der Waals surface area contributed by atoms with E-state index in [9.17, 15) is 0 Å². The Balaban J connectivity index is 1.91. The topological polar surface area (TPSA) is 38.0 Å². The van der Waals surface area contributed by atoms with Crippen LogP contribution in [0.3, 0.4) is 0 Å². The summed E-state index contributed by atoms with van der Waals surface area (Å²) in [7, 11) is 0. The summed E-state index contributed by atoms with van der Waals surface area (Å²) in [5.74, 6) is 1.03. The Hall–Kier alpha value is -0.0800. The van der Waals surface area contributed by atoms with Crippen molar-refractivity contribution in [2.24, 2.45) is 11.7 Å². The van der Waals surface area contributed by atoms with Crippen LogP contribution in [0.15, 0.2) is 0 Å². The van der Waals surface area contributed by atoms with Gasteiger partial charge < -0.3 is 11.1 Å². The third-order valence-corrected chi connectivity index (χ3v) is 2.02. The SMILES string of the molecule is CC(CC1CC1)NCCN. The van der Waals surface area contributed by atoms with Crippen LogP contribution in [-0.4, -0.2) is 19.1 Å². The van der Waals surface area contributed by atoms with Crippen molar-refractivity contribution in [1.82, 2.24) is 5.32 Å². The van der Waals surface area contributed by atoms with Gasteiger partial charge in [0.15, 0.2) is 0 Å². The first-order chi connectivity index (χ1) is 4.83. The first kappa shape index (κ1) is 8.02. The molecule has 10 heavy (non-hydrogen) atoms. The molecule has 1 aliphatic rings. The maximum absolute atomic E-state index is 5.36. The molecule has 0 saturated heterocycles. The summed E-state index contributed by atoms with van der Waals surface area (Å²) >= 11 is 0. The van der Waals surface area contributed by atoms with Crippen LogP contribution in [0.1, 0.15) is 26.2 Å². The highest BCUT2D eigenvalue weighted by molar-refractivity contribution is 4.77. The van der Waals surface area contributed by atoms with Gasteiger partial charge >= 0.3 is 0 Å². The minimum atomic E-state index is 0.677. The molecule has 0 bridgehead atoms. The largest absolute Gasteiger partial charge is 0.329 e. The lowest BCUT2D eigenvalue weighted by atomic mass is 10.1. The van der Waals surface area contributed by atoms with Crippen molar-refractivity contribution in [1.29, 1.82) is 0 Å². The molecular formula is C8H18N2. The molecule has 2 nitrogen and oxygen atoms in total. The van der Waals surface area contributed by atoms with Crippen molar-refractivity contribution < 1.29 is 0 Å². The average molecular weight is 142 g/mol. The van der Waals surface area contributed by atoms with Gasteiger partial charge in [-0.15, -0.1) is 0 Å². The highest BCUT2D eigenvalue weighted by Gasteiger charge is 2.22. The molecule has 60 valence electrons. The maximum Gasteiger partial charge on any atom is 0.00769 e. The molecule has 3 N–H and O–H groups in total. The smallest absolute Gasteiger partial charge is 0.00769 e. The molecule has 0 aliphatic heterocycles. The van der Waals surface area contributed by atoms with Crippen LogP contribution in [0.4, 0.5) is 0 Å². The quantitative estimate of drug-likeness (QED) is 0.593. The summed E-state index contributed by atoms with van der Waals surface area (Å²) in [5, 5.41) is 3.38. The second-order valence-electron chi connectivity index (χ2n) is 3.32. The molecule has 1 fully saturated rings. The molecule has 1 unspecified atom stereocenters. The van der Waals surface area contributed by atoms with E-state index >= 15 is 0 Å². The Kier molecular flexibility index (Phi) is 3.16. The molecule has 0 spiro atoms. The van der Waals surface area contributed by atoms with E-state index in [1.54, 1.807) is 0 Å².